The molecule has 2 aliphatic heterocycles. The van der Waals surface area contributed by atoms with Crippen LogP contribution in [0.5, 0.6) is 28.7 Å². The number of epoxide rings is 2. The topological polar surface area (TPSA) is 107 Å². The zero-order chi connectivity index (χ0) is 26.0. The van der Waals surface area contributed by atoms with E-state index in [0.717, 1.165) is 13.2 Å². The Bertz CT molecular complexity index is 1140. The van der Waals surface area contributed by atoms with Crippen LogP contribution in [0.1, 0.15) is 10.4 Å². The Morgan fingerprint density at radius 3 is 1.37 bits per heavy atom. The minimum absolute atomic E-state index is 0.0116. The second-order valence-electron chi connectivity index (χ2n) is 8.44. The largest absolute Gasteiger partial charge is 0.468 e. The third kappa shape index (κ3) is 8.63. The first-order valence-corrected chi connectivity index (χ1v) is 12.1. The van der Waals surface area contributed by atoms with Gasteiger partial charge in [0.2, 0.25) is 6.79 Å². The highest BCUT2D eigenvalue weighted by molar-refractivity contribution is 5.91. The molecule has 2 fully saturated rings. The number of rotatable bonds is 16. The van der Waals surface area contributed by atoms with Crippen LogP contribution in [0.25, 0.3) is 0 Å². The summed E-state index contributed by atoms with van der Waals surface area (Å²) in [4.78, 5) is 12.4. The molecular weight excluding hydrogens is 496 g/mol. The highest BCUT2D eigenvalue weighted by Gasteiger charge is 2.22. The maximum absolute atomic E-state index is 12.4. The number of benzene rings is 3. The number of hydrogen-bond donors (Lipinski definition) is 0. The minimum Gasteiger partial charge on any atom is -0.468 e. The summed E-state index contributed by atoms with van der Waals surface area (Å²) < 4.78 is 48.4. The van der Waals surface area contributed by atoms with Crippen LogP contribution in [0, 0.1) is 0 Å². The molecule has 0 bridgehead atoms. The van der Waals surface area contributed by atoms with Crippen LogP contribution < -0.4 is 23.7 Å². The van der Waals surface area contributed by atoms with Gasteiger partial charge in [-0.25, -0.2) is 4.79 Å². The molecule has 0 amide bonds. The lowest BCUT2D eigenvalue weighted by molar-refractivity contribution is 0.00806. The van der Waals surface area contributed by atoms with Crippen LogP contribution in [-0.4, -0.2) is 65.0 Å². The summed E-state index contributed by atoms with van der Waals surface area (Å²) in [7, 11) is 0. The van der Waals surface area contributed by atoms with Gasteiger partial charge in [0.1, 0.15) is 41.0 Å². The van der Waals surface area contributed by atoms with Crippen molar-refractivity contribution in [3.8, 4) is 28.7 Å². The Morgan fingerprint density at radius 2 is 0.947 bits per heavy atom. The van der Waals surface area contributed by atoms with Gasteiger partial charge < -0.3 is 42.6 Å². The third-order valence-electron chi connectivity index (χ3n) is 5.43. The van der Waals surface area contributed by atoms with Gasteiger partial charge in [-0.3, -0.25) is 0 Å². The zero-order valence-corrected chi connectivity index (χ0v) is 20.6. The lowest BCUT2D eigenvalue weighted by atomic mass is 10.2. The Kier molecular flexibility index (Phi) is 8.90. The molecule has 0 radical (unpaired) electrons. The second-order valence-corrected chi connectivity index (χ2v) is 8.44. The average Bonchev–Trinajstić information content (AvgIpc) is 3.87. The maximum atomic E-state index is 12.4. The highest BCUT2D eigenvalue weighted by Crippen LogP contribution is 2.21. The number of carbonyl (C=O) groups excluding carboxylic acids is 1. The fourth-order valence-electron chi connectivity index (χ4n) is 3.16. The van der Waals surface area contributed by atoms with Crippen molar-refractivity contribution in [1.29, 1.82) is 0 Å². The van der Waals surface area contributed by atoms with Crippen LogP contribution in [0.4, 0.5) is 0 Å². The van der Waals surface area contributed by atoms with E-state index in [2.05, 4.69) is 0 Å². The van der Waals surface area contributed by atoms with E-state index in [0.29, 0.717) is 47.5 Å². The fourth-order valence-corrected chi connectivity index (χ4v) is 3.16. The van der Waals surface area contributed by atoms with Crippen molar-refractivity contribution in [1.82, 2.24) is 0 Å². The van der Waals surface area contributed by atoms with E-state index in [9.17, 15) is 4.79 Å². The average molecular weight is 525 g/mol. The smallest absolute Gasteiger partial charge is 0.343 e. The quantitative estimate of drug-likeness (QED) is 0.0902. The summed E-state index contributed by atoms with van der Waals surface area (Å²) in [6, 6.07) is 20.5. The van der Waals surface area contributed by atoms with Crippen molar-refractivity contribution < 1.29 is 47.4 Å². The number of ether oxygens (including phenoxy) is 9. The van der Waals surface area contributed by atoms with Crippen molar-refractivity contribution in [3.05, 3.63) is 78.4 Å². The summed E-state index contributed by atoms with van der Waals surface area (Å²) in [5.41, 5.74) is 0.398. The normalized spacial score (nSPS) is 17.4. The Labute approximate surface area is 219 Å². The van der Waals surface area contributed by atoms with Gasteiger partial charge in [0, 0.05) is 0 Å². The predicted molar refractivity (Wildman–Crippen MR) is 133 cm³/mol. The van der Waals surface area contributed by atoms with Gasteiger partial charge in [0.25, 0.3) is 0 Å². The van der Waals surface area contributed by atoms with Crippen LogP contribution in [0.2, 0.25) is 0 Å². The fraction of sp³-hybridized carbons (Fsp3) is 0.321. The van der Waals surface area contributed by atoms with Gasteiger partial charge in [0.05, 0.1) is 32.0 Å². The van der Waals surface area contributed by atoms with E-state index >= 15 is 0 Å². The van der Waals surface area contributed by atoms with E-state index < -0.39 is 5.97 Å². The number of esters is 1. The summed E-state index contributed by atoms with van der Waals surface area (Å²) >= 11 is 0. The number of hydrogen-bond acceptors (Lipinski definition) is 10. The van der Waals surface area contributed by atoms with Gasteiger partial charge in [0.15, 0.2) is 13.6 Å². The van der Waals surface area contributed by atoms with E-state index in [1.165, 1.54) is 0 Å². The highest BCUT2D eigenvalue weighted by atomic mass is 16.7. The first-order chi connectivity index (χ1) is 18.7. The molecule has 200 valence electrons. The summed E-state index contributed by atoms with van der Waals surface area (Å²) in [5, 5.41) is 0. The molecule has 0 aromatic heterocycles. The van der Waals surface area contributed by atoms with E-state index in [4.69, 9.17) is 42.6 Å². The lowest BCUT2D eigenvalue weighted by Gasteiger charge is -2.11. The van der Waals surface area contributed by atoms with E-state index in [1.807, 2.05) is 0 Å². The predicted octanol–water partition coefficient (Wildman–Crippen LogP) is 3.82. The molecule has 0 N–H and O–H groups in total. The molecule has 5 rings (SSSR count). The van der Waals surface area contributed by atoms with Crippen LogP contribution in [0.15, 0.2) is 72.8 Å². The zero-order valence-electron chi connectivity index (χ0n) is 20.6. The molecule has 10 nitrogen and oxygen atoms in total. The van der Waals surface area contributed by atoms with Gasteiger partial charge in [-0.05, 0) is 72.8 Å². The molecule has 2 heterocycles. The van der Waals surface area contributed by atoms with Crippen LogP contribution in [0.3, 0.4) is 0 Å². The van der Waals surface area contributed by atoms with Crippen molar-refractivity contribution in [3.63, 3.8) is 0 Å². The lowest BCUT2D eigenvalue weighted by Crippen LogP contribution is -2.10. The Balaban J connectivity index is 0.984. The molecule has 2 aliphatic rings. The van der Waals surface area contributed by atoms with E-state index in [1.54, 1.807) is 72.8 Å². The molecule has 0 saturated carbocycles. The van der Waals surface area contributed by atoms with Gasteiger partial charge >= 0.3 is 5.97 Å². The van der Waals surface area contributed by atoms with Crippen molar-refractivity contribution >= 4 is 5.97 Å². The third-order valence-corrected chi connectivity index (χ3v) is 5.43. The molecule has 2 atom stereocenters. The standard InChI is InChI=1S/C28H28O10/c29-28(20-1-3-21(4-2-20)34-17-30-13-26-15-32-26)38-25-11-9-24(10-12-25)37-19-36-23-7-5-22(6-8-23)35-18-31-14-27-16-33-27/h1-12,26-27H,13-19H2. The first kappa shape index (κ1) is 25.8. The SMILES string of the molecule is O=C(Oc1ccc(OCOc2ccc(OCOCC3CO3)cc2)cc1)c1ccc(OCOCC2CO2)cc1. The molecule has 38 heavy (non-hydrogen) atoms. The van der Waals surface area contributed by atoms with Gasteiger partial charge in [-0.1, -0.05) is 0 Å². The summed E-state index contributed by atoms with van der Waals surface area (Å²) in [6.07, 6.45) is 0.399. The summed E-state index contributed by atoms with van der Waals surface area (Å²) in [5.74, 6) is 2.38. The molecule has 10 heteroatoms. The maximum Gasteiger partial charge on any atom is 0.343 e. The van der Waals surface area contributed by atoms with E-state index in [-0.39, 0.29) is 32.6 Å². The van der Waals surface area contributed by atoms with Crippen LogP contribution in [-0.2, 0) is 18.9 Å². The van der Waals surface area contributed by atoms with Gasteiger partial charge in [-0.2, -0.15) is 0 Å². The molecular formula is C28H28O10. The van der Waals surface area contributed by atoms with Crippen LogP contribution >= 0.6 is 0 Å². The molecule has 3 aromatic rings. The summed E-state index contributed by atoms with van der Waals surface area (Å²) in [6.45, 7) is 2.85. The second kappa shape index (κ2) is 13.1. The van der Waals surface area contributed by atoms with Crippen molar-refractivity contribution in [2.45, 2.75) is 12.2 Å². The van der Waals surface area contributed by atoms with Crippen molar-refractivity contribution in [2.75, 3.05) is 46.8 Å². The molecule has 0 aliphatic carbocycles. The van der Waals surface area contributed by atoms with Crippen molar-refractivity contribution in [2.24, 2.45) is 0 Å². The molecule has 3 aromatic carbocycles. The monoisotopic (exact) mass is 524 g/mol. The Hall–Kier alpha value is -3.83. The molecule has 2 unspecified atom stereocenters. The molecule has 2 saturated heterocycles. The minimum atomic E-state index is -0.480. The Morgan fingerprint density at radius 1 is 0.579 bits per heavy atom. The molecule has 0 spiro atoms. The first-order valence-electron chi connectivity index (χ1n) is 12.1. The number of carbonyl (C=O) groups is 1. The van der Waals surface area contributed by atoms with Gasteiger partial charge in [-0.15, -0.1) is 0 Å².